The molecule has 0 unspecified atom stereocenters. The highest BCUT2D eigenvalue weighted by Crippen LogP contribution is 2.25. The summed E-state index contributed by atoms with van der Waals surface area (Å²) in [5, 5.41) is 13.9. The van der Waals surface area contributed by atoms with Crippen molar-refractivity contribution in [3.05, 3.63) is 40.1 Å². The lowest BCUT2D eigenvalue weighted by Crippen LogP contribution is -2.06. The molecule has 104 valence electrons. The lowest BCUT2D eigenvalue weighted by atomic mass is 10.2. The van der Waals surface area contributed by atoms with Crippen molar-refractivity contribution in [2.24, 2.45) is 0 Å². The number of rotatable bonds is 1. The van der Waals surface area contributed by atoms with E-state index >= 15 is 0 Å². The van der Waals surface area contributed by atoms with Gasteiger partial charge in [0.1, 0.15) is 5.52 Å². The van der Waals surface area contributed by atoms with Crippen LogP contribution in [0.15, 0.2) is 28.7 Å². The number of nitrogens with zero attached hydrogens (tertiary/aromatic N) is 5. The molecule has 0 radical (unpaired) electrons. The van der Waals surface area contributed by atoms with E-state index < -0.39 is 0 Å². The van der Waals surface area contributed by atoms with Gasteiger partial charge in [0.25, 0.3) is 5.95 Å². The summed E-state index contributed by atoms with van der Waals surface area (Å²) in [5.41, 5.74) is 4.36. The van der Waals surface area contributed by atoms with Gasteiger partial charge in [-0.25, -0.2) is 4.68 Å². The minimum atomic E-state index is 0.471. The molecule has 0 amide bonds. The number of aromatic nitrogens is 6. The Morgan fingerprint density at radius 3 is 2.76 bits per heavy atom. The molecule has 7 heteroatoms. The summed E-state index contributed by atoms with van der Waals surface area (Å²) in [5.74, 6) is 0.471. The molecule has 0 spiro atoms. The van der Waals surface area contributed by atoms with E-state index in [2.05, 4.69) is 41.2 Å². The number of hydrogen-bond donors (Lipinski definition) is 1. The molecule has 21 heavy (non-hydrogen) atoms. The summed E-state index contributed by atoms with van der Waals surface area (Å²) < 4.78 is 2.70. The molecule has 1 aromatic carbocycles. The van der Waals surface area contributed by atoms with Crippen LogP contribution >= 0.6 is 15.9 Å². The molecule has 0 fully saturated rings. The Morgan fingerprint density at radius 2 is 2.00 bits per heavy atom. The smallest absolute Gasteiger partial charge is 0.272 e. The first-order valence-corrected chi connectivity index (χ1v) is 7.26. The minimum absolute atomic E-state index is 0.471. The van der Waals surface area contributed by atoms with E-state index in [9.17, 15) is 0 Å². The molecule has 6 nitrogen and oxygen atoms in total. The number of aromatic amines is 1. The zero-order valence-corrected chi connectivity index (χ0v) is 13.0. The van der Waals surface area contributed by atoms with Gasteiger partial charge in [-0.3, -0.25) is 0 Å². The van der Waals surface area contributed by atoms with Gasteiger partial charge >= 0.3 is 0 Å². The Hall–Kier alpha value is -2.28. The quantitative estimate of drug-likeness (QED) is 0.577. The van der Waals surface area contributed by atoms with Crippen molar-refractivity contribution in [1.29, 1.82) is 0 Å². The van der Waals surface area contributed by atoms with Crippen molar-refractivity contribution in [2.45, 2.75) is 13.8 Å². The Balaban J connectivity index is 1.98. The molecule has 0 aliphatic rings. The Bertz CT molecular complexity index is 984. The zero-order chi connectivity index (χ0) is 14.6. The highest BCUT2D eigenvalue weighted by molar-refractivity contribution is 9.10. The summed E-state index contributed by atoms with van der Waals surface area (Å²) >= 11 is 3.47. The first-order valence-electron chi connectivity index (χ1n) is 6.47. The fourth-order valence-electron chi connectivity index (χ4n) is 2.46. The number of fused-ring (bicyclic) bond motifs is 3. The van der Waals surface area contributed by atoms with Crippen LogP contribution in [0.5, 0.6) is 0 Å². The molecule has 0 aliphatic carbocycles. The average Bonchev–Trinajstić information content (AvgIpc) is 2.97. The fourth-order valence-corrected chi connectivity index (χ4v) is 2.82. The van der Waals surface area contributed by atoms with Crippen LogP contribution in [0.1, 0.15) is 11.4 Å². The molecule has 0 aliphatic heterocycles. The summed E-state index contributed by atoms with van der Waals surface area (Å²) in [7, 11) is 0. The van der Waals surface area contributed by atoms with Crippen LogP contribution in [0.4, 0.5) is 0 Å². The number of benzene rings is 1. The molecule has 4 rings (SSSR count). The number of halogens is 1. The first kappa shape index (κ1) is 12.5. The molecule has 0 saturated carbocycles. The van der Waals surface area contributed by atoms with Gasteiger partial charge in [0.2, 0.25) is 0 Å². The minimum Gasteiger partial charge on any atom is -0.338 e. The third-order valence-electron chi connectivity index (χ3n) is 3.36. The largest absolute Gasteiger partial charge is 0.338 e. The van der Waals surface area contributed by atoms with Gasteiger partial charge < -0.3 is 4.98 Å². The van der Waals surface area contributed by atoms with Crippen molar-refractivity contribution < 1.29 is 0 Å². The second-order valence-electron chi connectivity index (χ2n) is 4.96. The summed E-state index contributed by atoms with van der Waals surface area (Å²) in [4.78, 5) is 7.81. The lowest BCUT2D eigenvalue weighted by molar-refractivity contribution is 0.757. The van der Waals surface area contributed by atoms with E-state index in [0.717, 1.165) is 32.3 Å². The molecular formula is C14H11BrN6. The third kappa shape index (κ3) is 1.92. The Labute approximate surface area is 128 Å². The Morgan fingerprint density at radius 1 is 1.14 bits per heavy atom. The number of H-pyrrole nitrogens is 1. The van der Waals surface area contributed by atoms with Gasteiger partial charge in [-0.15, -0.1) is 10.2 Å². The lowest BCUT2D eigenvalue weighted by Gasteiger charge is -2.00. The van der Waals surface area contributed by atoms with Gasteiger partial charge in [0, 0.05) is 21.1 Å². The normalized spacial score (nSPS) is 11.6. The molecule has 3 heterocycles. The standard InChI is InChI=1S/C14H11BrN6/c1-7-5-8(2)21(20-7)14-17-13-12(18-19-14)10-6-9(15)3-4-11(10)16-13/h3-6H,1-2H3,(H,16,17,19). The van der Waals surface area contributed by atoms with E-state index in [0.29, 0.717) is 11.6 Å². The van der Waals surface area contributed by atoms with E-state index in [1.807, 2.05) is 38.1 Å². The zero-order valence-electron chi connectivity index (χ0n) is 11.4. The SMILES string of the molecule is Cc1cc(C)n(-c2nnc3c(n2)[nH]c2ccc(Br)cc23)n1. The first-order chi connectivity index (χ1) is 10.1. The monoisotopic (exact) mass is 342 g/mol. The third-order valence-corrected chi connectivity index (χ3v) is 3.86. The summed E-state index contributed by atoms with van der Waals surface area (Å²) in [6.07, 6.45) is 0. The van der Waals surface area contributed by atoms with Crippen molar-refractivity contribution in [3.8, 4) is 5.95 Å². The molecule has 1 N–H and O–H groups in total. The summed E-state index contributed by atoms with van der Waals surface area (Å²) in [6, 6.07) is 7.96. The van der Waals surface area contributed by atoms with Gasteiger partial charge in [-0.05, 0) is 38.1 Å². The maximum absolute atomic E-state index is 4.54. The van der Waals surface area contributed by atoms with Crippen LogP contribution in [0.2, 0.25) is 0 Å². The Kier molecular flexibility index (Phi) is 2.58. The molecule has 0 saturated heterocycles. The van der Waals surface area contributed by atoms with Crippen LogP contribution in [-0.2, 0) is 0 Å². The number of nitrogens with one attached hydrogen (secondary N) is 1. The van der Waals surface area contributed by atoms with Gasteiger partial charge in [-0.1, -0.05) is 15.9 Å². The summed E-state index contributed by atoms with van der Waals surface area (Å²) in [6.45, 7) is 3.91. The van der Waals surface area contributed by atoms with E-state index in [-0.39, 0.29) is 0 Å². The van der Waals surface area contributed by atoms with Crippen molar-refractivity contribution in [3.63, 3.8) is 0 Å². The van der Waals surface area contributed by atoms with Crippen molar-refractivity contribution in [1.82, 2.24) is 29.9 Å². The van der Waals surface area contributed by atoms with E-state index in [1.165, 1.54) is 0 Å². The van der Waals surface area contributed by atoms with Crippen LogP contribution in [0.3, 0.4) is 0 Å². The number of hydrogen-bond acceptors (Lipinski definition) is 4. The predicted octanol–water partition coefficient (Wildman–Crippen LogP) is 3.07. The molecular weight excluding hydrogens is 332 g/mol. The van der Waals surface area contributed by atoms with Crippen LogP contribution < -0.4 is 0 Å². The van der Waals surface area contributed by atoms with Crippen molar-refractivity contribution in [2.75, 3.05) is 0 Å². The van der Waals surface area contributed by atoms with Gasteiger partial charge in [-0.2, -0.15) is 10.1 Å². The number of aryl methyl sites for hydroxylation is 2. The van der Waals surface area contributed by atoms with Crippen molar-refractivity contribution >= 4 is 38.0 Å². The topological polar surface area (TPSA) is 72.3 Å². The fraction of sp³-hybridized carbons (Fsp3) is 0.143. The van der Waals surface area contributed by atoms with Crippen LogP contribution in [-0.4, -0.2) is 29.9 Å². The molecule has 0 bridgehead atoms. The highest BCUT2D eigenvalue weighted by atomic mass is 79.9. The van der Waals surface area contributed by atoms with Gasteiger partial charge in [0.05, 0.1) is 5.69 Å². The van der Waals surface area contributed by atoms with E-state index in [4.69, 9.17) is 0 Å². The predicted molar refractivity (Wildman–Crippen MR) is 83.5 cm³/mol. The van der Waals surface area contributed by atoms with Gasteiger partial charge in [0.15, 0.2) is 5.65 Å². The van der Waals surface area contributed by atoms with Crippen LogP contribution in [0.25, 0.3) is 28.0 Å². The molecule has 0 atom stereocenters. The highest BCUT2D eigenvalue weighted by Gasteiger charge is 2.12. The molecule has 3 aromatic heterocycles. The molecule has 4 aromatic rings. The average molecular weight is 343 g/mol. The second kappa shape index (κ2) is 4.36. The second-order valence-corrected chi connectivity index (χ2v) is 5.88. The maximum Gasteiger partial charge on any atom is 0.272 e. The maximum atomic E-state index is 4.54. The van der Waals surface area contributed by atoms with E-state index in [1.54, 1.807) is 4.68 Å². The van der Waals surface area contributed by atoms with Crippen LogP contribution in [0, 0.1) is 13.8 Å².